The van der Waals surface area contributed by atoms with Crippen LogP contribution in [0.15, 0.2) is 10.9 Å². The number of nitrogens with zero attached hydrogens (tertiary/aromatic N) is 4. The summed E-state index contributed by atoms with van der Waals surface area (Å²) in [5.74, 6) is 1.21. The van der Waals surface area contributed by atoms with Crippen LogP contribution in [-0.2, 0) is 11.2 Å². The van der Waals surface area contributed by atoms with E-state index in [1.54, 1.807) is 0 Å². The van der Waals surface area contributed by atoms with E-state index in [2.05, 4.69) is 20.3 Å². The van der Waals surface area contributed by atoms with Gasteiger partial charge in [0.25, 0.3) is 0 Å². The summed E-state index contributed by atoms with van der Waals surface area (Å²) in [5.41, 5.74) is 2.89. The molecule has 2 aromatic heterocycles. The normalized spacial score (nSPS) is 16.4. The highest BCUT2D eigenvalue weighted by molar-refractivity contribution is 5.79. The molecule has 0 bridgehead atoms. The van der Waals surface area contributed by atoms with E-state index in [9.17, 15) is 4.79 Å². The van der Waals surface area contributed by atoms with Crippen LogP contribution in [0.5, 0.6) is 0 Å². The number of hydrogen-bond donors (Lipinski definition) is 1. The lowest BCUT2D eigenvalue weighted by Crippen LogP contribution is -2.39. The lowest BCUT2D eigenvalue weighted by Gasteiger charge is -2.30. The summed E-state index contributed by atoms with van der Waals surface area (Å²) in [6, 6.07) is 0. The maximum absolute atomic E-state index is 12.4. The lowest BCUT2D eigenvalue weighted by atomic mass is 9.95. The molecule has 0 atom stereocenters. The van der Waals surface area contributed by atoms with Gasteiger partial charge in [0.1, 0.15) is 0 Å². The number of amides is 1. The summed E-state index contributed by atoms with van der Waals surface area (Å²) < 4.78 is 4.79. The quantitative estimate of drug-likeness (QED) is 0.921. The molecule has 7 nitrogen and oxygen atoms in total. The summed E-state index contributed by atoms with van der Waals surface area (Å²) >= 11 is 0. The Morgan fingerprint density at radius 3 is 2.76 bits per heavy atom. The van der Waals surface area contributed by atoms with Crippen molar-refractivity contribution in [2.24, 2.45) is 0 Å². The van der Waals surface area contributed by atoms with Crippen LogP contribution < -0.4 is 0 Å². The molecule has 0 unspecified atom stereocenters. The number of piperidine rings is 1. The van der Waals surface area contributed by atoms with Gasteiger partial charge in [0.2, 0.25) is 12.3 Å². The molecular weight excluding hydrogens is 270 g/mol. The van der Waals surface area contributed by atoms with Crippen molar-refractivity contribution in [1.29, 1.82) is 0 Å². The zero-order valence-electron chi connectivity index (χ0n) is 12.3. The molecule has 0 radical (unpaired) electrons. The minimum Gasteiger partial charge on any atom is -0.343 e. The molecule has 1 amide bonds. The molecule has 1 aliphatic heterocycles. The number of aromatic amines is 1. The molecule has 1 aliphatic rings. The Kier molecular flexibility index (Phi) is 3.72. The van der Waals surface area contributed by atoms with Crippen LogP contribution in [0.1, 0.15) is 41.5 Å². The molecule has 1 saturated heterocycles. The molecule has 3 rings (SSSR count). The van der Waals surface area contributed by atoms with Gasteiger partial charge in [-0.25, -0.2) is 0 Å². The smallest absolute Gasteiger partial charge is 0.227 e. The van der Waals surface area contributed by atoms with E-state index in [1.165, 1.54) is 6.39 Å². The van der Waals surface area contributed by atoms with E-state index in [4.69, 9.17) is 4.52 Å². The molecule has 0 aromatic carbocycles. The van der Waals surface area contributed by atoms with Crippen molar-refractivity contribution in [3.8, 4) is 0 Å². The van der Waals surface area contributed by atoms with E-state index >= 15 is 0 Å². The van der Waals surface area contributed by atoms with E-state index in [0.29, 0.717) is 12.3 Å². The van der Waals surface area contributed by atoms with Gasteiger partial charge in [-0.15, -0.1) is 0 Å². The summed E-state index contributed by atoms with van der Waals surface area (Å²) in [5, 5.41) is 11.0. The van der Waals surface area contributed by atoms with Gasteiger partial charge >= 0.3 is 0 Å². The fraction of sp³-hybridized carbons (Fsp3) is 0.571. The van der Waals surface area contributed by atoms with E-state index in [0.717, 1.165) is 48.7 Å². The van der Waals surface area contributed by atoms with E-state index in [1.807, 2.05) is 18.7 Å². The zero-order chi connectivity index (χ0) is 14.8. The zero-order valence-corrected chi connectivity index (χ0v) is 12.3. The third kappa shape index (κ3) is 2.81. The number of carbonyl (C=O) groups is 1. The maximum atomic E-state index is 12.4. The number of aryl methyl sites for hydroxylation is 2. The minimum absolute atomic E-state index is 0.161. The number of H-pyrrole nitrogens is 1. The second-order valence-electron chi connectivity index (χ2n) is 5.53. The Morgan fingerprint density at radius 1 is 1.43 bits per heavy atom. The highest BCUT2D eigenvalue weighted by atomic mass is 16.5. The third-order valence-electron chi connectivity index (χ3n) is 4.20. The van der Waals surface area contributed by atoms with Gasteiger partial charge in [0, 0.05) is 30.3 Å². The molecule has 0 spiro atoms. The van der Waals surface area contributed by atoms with Crippen LogP contribution >= 0.6 is 0 Å². The Balaban J connectivity index is 1.58. The Labute approximate surface area is 122 Å². The second kappa shape index (κ2) is 5.67. The van der Waals surface area contributed by atoms with Gasteiger partial charge < -0.3 is 9.42 Å². The van der Waals surface area contributed by atoms with Crippen LogP contribution in [0.4, 0.5) is 0 Å². The van der Waals surface area contributed by atoms with Crippen LogP contribution in [0.25, 0.3) is 0 Å². The summed E-state index contributed by atoms with van der Waals surface area (Å²) in [6.45, 7) is 5.36. The average molecular weight is 289 g/mol. The van der Waals surface area contributed by atoms with Gasteiger partial charge in [0.15, 0.2) is 5.82 Å². The van der Waals surface area contributed by atoms with Crippen molar-refractivity contribution in [2.45, 2.75) is 39.0 Å². The highest BCUT2D eigenvalue weighted by Crippen LogP contribution is 2.25. The Morgan fingerprint density at radius 2 is 2.19 bits per heavy atom. The summed E-state index contributed by atoms with van der Waals surface area (Å²) in [4.78, 5) is 18.4. The molecule has 3 heterocycles. The molecule has 0 saturated carbocycles. The third-order valence-corrected chi connectivity index (χ3v) is 4.20. The standard InChI is InChI=1S/C14H19N5O2/c1-9-12(10(2)17-16-9)7-13(20)19-5-3-11(4-6-19)14-15-8-21-18-14/h8,11H,3-7H2,1-2H3,(H,16,17). The molecule has 112 valence electrons. The van der Waals surface area contributed by atoms with E-state index < -0.39 is 0 Å². The number of hydrogen-bond acceptors (Lipinski definition) is 5. The van der Waals surface area contributed by atoms with Crippen LogP contribution in [-0.4, -0.2) is 44.2 Å². The topological polar surface area (TPSA) is 87.9 Å². The van der Waals surface area contributed by atoms with Crippen molar-refractivity contribution < 1.29 is 9.32 Å². The number of rotatable bonds is 3. The summed E-state index contributed by atoms with van der Waals surface area (Å²) in [6.07, 6.45) is 3.54. The second-order valence-corrected chi connectivity index (χ2v) is 5.53. The van der Waals surface area contributed by atoms with Crippen molar-refractivity contribution in [3.05, 3.63) is 29.2 Å². The number of carbonyl (C=O) groups excluding carboxylic acids is 1. The first-order valence-electron chi connectivity index (χ1n) is 7.19. The first-order valence-corrected chi connectivity index (χ1v) is 7.19. The van der Waals surface area contributed by atoms with Crippen molar-refractivity contribution in [3.63, 3.8) is 0 Å². The molecule has 0 aliphatic carbocycles. The molecular formula is C14H19N5O2. The van der Waals surface area contributed by atoms with Gasteiger partial charge in [-0.2, -0.15) is 10.1 Å². The largest absolute Gasteiger partial charge is 0.343 e. The van der Waals surface area contributed by atoms with Gasteiger partial charge in [0.05, 0.1) is 12.1 Å². The summed E-state index contributed by atoms with van der Waals surface area (Å²) in [7, 11) is 0. The molecule has 7 heteroatoms. The fourth-order valence-corrected chi connectivity index (χ4v) is 2.84. The predicted molar refractivity (Wildman–Crippen MR) is 74.6 cm³/mol. The SMILES string of the molecule is Cc1n[nH]c(C)c1CC(=O)N1CCC(c2ncon2)CC1. The predicted octanol–water partition coefficient (Wildman–Crippen LogP) is 1.36. The maximum Gasteiger partial charge on any atom is 0.227 e. The average Bonchev–Trinajstić information content (AvgIpc) is 3.13. The van der Waals surface area contributed by atoms with Crippen molar-refractivity contribution >= 4 is 5.91 Å². The Bertz CT molecular complexity index is 592. The van der Waals surface area contributed by atoms with Crippen molar-refractivity contribution in [2.75, 3.05) is 13.1 Å². The molecule has 1 N–H and O–H groups in total. The van der Waals surface area contributed by atoms with Gasteiger partial charge in [-0.1, -0.05) is 5.16 Å². The van der Waals surface area contributed by atoms with Crippen molar-refractivity contribution in [1.82, 2.24) is 25.2 Å². The number of aromatic nitrogens is 4. The van der Waals surface area contributed by atoms with Crippen LogP contribution in [0.3, 0.4) is 0 Å². The lowest BCUT2D eigenvalue weighted by molar-refractivity contribution is -0.131. The van der Waals surface area contributed by atoms with E-state index in [-0.39, 0.29) is 5.91 Å². The molecule has 1 fully saturated rings. The first-order chi connectivity index (χ1) is 10.1. The molecule has 2 aromatic rings. The first kappa shape index (κ1) is 13.8. The minimum atomic E-state index is 0.161. The number of nitrogens with one attached hydrogen (secondary N) is 1. The van der Waals surface area contributed by atoms with Crippen LogP contribution in [0.2, 0.25) is 0 Å². The van der Waals surface area contributed by atoms with Gasteiger partial charge in [-0.3, -0.25) is 9.89 Å². The fourth-order valence-electron chi connectivity index (χ4n) is 2.84. The van der Waals surface area contributed by atoms with Crippen LogP contribution in [0, 0.1) is 13.8 Å². The number of likely N-dealkylation sites (tertiary alicyclic amines) is 1. The Hall–Kier alpha value is -2.18. The monoisotopic (exact) mass is 289 g/mol. The van der Waals surface area contributed by atoms with Gasteiger partial charge in [-0.05, 0) is 26.7 Å². The highest BCUT2D eigenvalue weighted by Gasteiger charge is 2.26. The molecule has 21 heavy (non-hydrogen) atoms.